The summed E-state index contributed by atoms with van der Waals surface area (Å²) in [6.07, 6.45) is -7.91. The van der Waals surface area contributed by atoms with Crippen LogP contribution in [0, 0.1) is 5.92 Å². The fraction of sp³-hybridized carbons (Fsp3) is 0.714. The molecule has 2 fully saturated rings. The largest absolute Gasteiger partial charge is 0.394 e. The molecule has 5 unspecified atom stereocenters. The van der Waals surface area contributed by atoms with E-state index in [-0.39, 0.29) is 5.92 Å². The molecule has 2 rings (SSSR count). The standard InChI is InChI=1S/C21H34O8/c1-10(2)13-7-15(24)12(4)14(23)6-5-11(3)16(8-13)28-21-20(27)19(26)18(25)17(9-22)29-21/h13-27H,1,3-9H2,2H3/t13-,14-,15+,16-,17?,18?,19?,20?,21?/m1/s1. The number of ether oxygens (including phenoxy) is 2. The lowest BCUT2D eigenvalue weighted by Gasteiger charge is -2.41. The van der Waals surface area contributed by atoms with Gasteiger partial charge in [0, 0.05) is 0 Å². The number of aliphatic hydroxyl groups is 6. The Morgan fingerprint density at radius 1 is 1.03 bits per heavy atom. The third kappa shape index (κ3) is 5.74. The van der Waals surface area contributed by atoms with Crippen molar-refractivity contribution < 1.29 is 40.1 Å². The molecule has 0 spiro atoms. The molecule has 0 aromatic heterocycles. The second-order valence-electron chi connectivity index (χ2n) is 8.14. The average Bonchev–Trinajstić information content (AvgIpc) is 2.68. The molecule has 1 aliphatic heterocycles. The zero-order valence-electron chi connectivity index (χ0n) is 16.9. The van der Waals surface area contributed by atoms with E-state index in [1.165, 1.54) is 0 Å². The van der Waals surface area contributed by atoms with Crippen molar-refractivity contribution in [2.45, 2.75) is 81.6 Å². The normalized spacial score (nSPS) is 42.5. The third-order valence-corrected chi connectivity index (χ3v) is 5.90. The summed E-state index contributed by atoms with van der Waals surface area (Å²) in [5.74, 6) is -0.182. The molecule has 29 heavy (non-hydrogen) atoms. The third-order valence-electron chi connectivity index (χ3n) is 5.90. The minimum absolute atomic E-state index is 0.182. The van der Waals surface area contributed by atoms with Crippen LogP contribution < -0.4 is 0 Å². The first-order valence-electron chi connectivity index (χ1n) is 9.90. The summed E-state index contributed by atoms with van der Waals surface area (Å²) in [5, 5.41) is 60.3. The summed E-state index contributed by atoms with van der Waals surface area (Å²) in [6, 6.07) is 0. The lowest BCUT2D eigenvalue weighted by Crippen LogP contribution is -2.59. The predicted octanol–water partition coefficient (Wildman–Crippen LogP) is -0.228. The second-order valence-corrected chi connectivity index (χ2v) is 8.14. The van der Waals surface area contributed by atoms with Gasteiger partial charge in [0.2, 0.25) is 0 Å². The Bertz CT molecular complexity index is 603. The number of hydrogen-bond donors (Lipinski definition) is 6. The predicted molar refractivity (Wildman–Crippen MR) is 106 cm³/mol. The highest BCUT2D eigenvalue weighted by Gasteiger charge is 2.45. The lowest BCUT2D eigenvalue weighted by atomic mass is 9.82. The van der Waals surface area contributed by atoms with Crippen LogP contribution in [0.2, 0.25) is 0 Å². The minimum atomic E-state index is -1.54. The topological polar surface area (TPSA) is 140 Å². The van der Waals surface area contributed by atoms with Crippen LogP contribution in [-0.4, -0.2) is 86.3 Å². The number of aliphatic hydroxyl groups excluding tert-OH is 6. The molecule has 1 aliphatic carbocycles. The van der Waals surface area contributed by atoms with E-state index in [4.69, 9.17) is 9.47 Å². The summed E-state index contributed by atoms with van der Waals surface area (Å²) in [6.45, 7) is 13.1. The van der Waals surface area contributed by atoms with E-state index in [1.54, 1.807) is 0 Å². The van der Waals surface area contributed by atoms with Gasteiger partial charge in [0.15, 0.2) is 6.29 Å². The van der Waals surface area contributed by atoms with Gasteiger partial charge in [-0.1, -0.05) is 25.3 Å². The van der Waals surface area contributed by atoms with Crippen molar-refractivity contribution in [2.24, 2.45) is 5.92 Å². The van der Waals surface area contributed by atoms with Crippen molar-refractivity contribution in [3.63, 3.8) is 0 Å². The summed E-state index contributed by atoms with van der Waals surface area (Å²) < 4.78 is 11.4. The quantitative estimate of drug-likeness (QED) is 0.347. The van der Waals surface area contributed by atoms with Crippen LogP contribution in [0.4, 0.5) is 0 Å². The van der Waals surface area contributed by atoms with E-state index in [0.29, 0.717) is 36.8 Å². The van der Waals surface area contributed by atoms with Gasteiger partial charge in [0.1, 0.15) is 24.4 Å². The highest BCUT2D eigenvalue weighted by Crippen LogP contribution is 2.33. The number of rotatable bonds is 4. The first kappa shape index (κ1) is 24.2. The Hall–Kier alpha value is -1.10. The van der Waals surface area contributed by atoms with Gasteiger partial charge in [0.05, 0.1) is 24.9 Å². The van der Waals surface area contributed by atoms with Crippen molar-refractivity contribution in [3.8, 4) is 0 Å². The van der Waals surface area contributed by atoms with Crippen molar-refractivity contribution in [3.05, 3.63) is 36.5 Å². The Morgan fingerprint density at radius 3 is 2.28 bits per heavy atom. The van der Waals surface area contributed by atoms with Crippen LogP contribution >= 0.6 is 0 Å². The van der Waals surface area contributed by atoms with Gasteiger partial charge in [0.25, 0.3) is 0 Å². The average molecular weight is 414 g/mol. The van der Waals surface area contributed by atoms with Crippen molar-refractivity contribution in [1.82, 2.24) is 0 Å². The van der Waals surface area contributed by atoms with Gasteiger partial charge in [-0.15, -0.1) is 0 Å². The van der Waals surface area contributed by atoms with Crippen molar-refractivity contribution in [2.75, 3.05) is 6.61 Å². The zero-order valence-corrected chi connectivity index (χ0v) is 16.9. The molecule has 2 aliphatic rings. The van der Waals surface area contributed by atoms with Crippen LogP contribution in [0.5, 0.6) is 0 Å². The summed E-state index contributed by atoms with van der Waals surface area (Å²) in [5.41, 5.74) is 1.82. The van der Waals surface area contributed by atoms with Crippen LogP contribution in [0.3, 0.4) is 0 Å². The van der Waals surface area contributed by atoms with E-state index in [9.17, 15) is 30.6 Å². The molecule has 6 N–H and O–H groups in total. The SMILES string of the molecule is C=C(C)[C@@H]1C[C@H](O)C(=C)[C@H](O)CCC(=C)[C@H](OC2OC(CO)C(O)C(O)C2O)C1. The Balaban J connectivity index is 2.22. The Labute approximate surface area is 171 Å². The Kier molecular flexibility index (Phi) is 8.57. The highest BCUT2D eigenvalue weighted by atomic mass is 16.7. The van der Waals surface area contributed by atoms with Crippen LogP contribution in [0.15, 0.2) is 36.5 Å². The van der Waals surface area contributed by atoms with Gasteiger partial charge in [-0.25, -0.2) is 0 Å². The maximum Gasteiger partial charge on any atom is 0.187 e. The van der Waals surface area contributed by atoms with Gasteiger partial charge < -0.3 is 40.1 Å². The van der Waals surface area contributed by atoms with E-state index < -0.39 is 55.6 Å². The summed E-state index contributed by atoms with van der Waals surface area (Å²) in [4.78, 5) is 0. The zero-order chi connectivity index (χ0) is 21.9. The van der Waals surface area contributed by atoms with Crippen molar-refractivity contribution >= 4 is 0 Å². The second kappa shape index (κ2) is 10.3. The first-order valence-corrected chi connectivity index (χ1v) is 9.90. The molecular weight excluding hydrogens is 380 g/mol. The van der Waals surface area contributed by atoms with E-state index in [2.05, 4.69) is 19.7 Å². The lowest BCUT2D eigenvalue weighted by molar-refractivity contribution is -0.309. The van der Waals surface area contributed by atoms with Gasteiger partial charge in [-0.2, -0.15) is 0 Å². The molecule has 9 atom stereocenters. The van der Waals surface area contributed by atoms with E-state index in [0.717, 1.165) is 5.57 Å². The molecule has 0 amide bonds. The summed E-state index contributed by atoms with van der Waals surface area (Å²) in [7, 11) is 0. The molecule has 0 radical (unpaired) electrons. The van der Waals surface area contributed by atoms with E-state index >= 15 is 0 Å². The molecule has 1 saturated carbocycles. The minimum Gasteiger partial charge on any atom is -0.394 e. The molecule has 0 bridgehead atoms. The van der Waals surface area contributed by atoms with Gasteiger partial charge in [-0.05, 0) is 49.7 Å². The fourth-order valence-corrected chi connectivity index (χ4v) is 3.73. The monoisotopic (exact) mass is 414 g/mol. The molecule has 1 saturated heterocycles. The maximum absolute atomic E-state index is 10.4. The van der Waals surface area contributed by atoms with Gasteiger partial charge in [-0.3, -0.25) is 0 Å². The van der Waals surface area contributed by atoms with E-state index in [1.807, 2.05) is 6.92 Å². The van der Waals surface area contributed by atoms with Crippen LogP contribution in [-0.2, 0) is 9.47 Å². The maximum atomic E-state index is 10.4. The first-order chi connectivity index (χ1) is 13.6. The van der Waals surface area contributed by atoms with Crippen LogP contribution in [0.1, 0.15) is 32.6 Å². The molecule has 166 valence electrons. The highest BCUT2D eigenvalue weighted by molar-refractivity contribution is 5.15. The molecule has 8 nitrogen and oxygen atoms in total. The number of allylic oxidation sites excluding steroid dienone is 1. The molecule has 1 heterocycles. The van der Waals surface area contributed by atoms with Crippen LogP contribution in [0.25, 0.3) is 0 Å². The Morgan fingerprint density at radius 2 is 1.69 bits per heavy atom. The molecule has 0 aromatic carbocycles. The summed E-state index contributed by atoms with van der Waals surface area (Å²) >= 11 is 0. The molecular formula is C21H34O8. The van der Waals surface area contributed by atoms with Crippen molar-refractivity contribution in [1.29, 1.82) is 0 Å². The molecule has 0 aromatic rings. The number of hydrogen-bond acceptors (Lipinski definition) is 8. The smallest absolute Gasteiger partial charge is 0.187 e. The molecule has 8 heteroatoms. The van der Waals surface area contributed by atoms with Gasteiger partial charge >= 0.3 is 0 Å². The fourth-order valence-electron chi connectivity index (χ4n) is 3.73.